The molecule has 10 nitrogen and oxygen atoms in total. The zero-order valence-corrected chi connectivity index (χ0v) is 33.9. The van der Waals surface area contributed by atoms with Crippen LogP contribution in [0.25, 0.3) is 21.8 Å². The number of aromatic nitrogens is 4. The summed E-state index contributed by atoms with van der Waals surface area (Å²) < 4.78 is 84.6. The van der Waals surface area contributed by atoms with Crippen LogP contribution in [-0.4, -0.2) is 71.2 Å². The van der Waals surface area contributed by atoms with E-state index in [0.717, 1.165) is 53.2 Å². The summed E-state index contributed by atoms with van der Waals surface area (Å²) in [5.74, 6) is -0.576. The minimum absolute atomic E-state index is 0.213. The third-order valence-electron chi connectivity index (χ3n) is 8.95. The molecule has 0 aliphatic carbocycles. The van der Waals surface area contributed by atoms with Crippen molar-refractivity contribution in [2.75, 3.05) is 26.2 Å². The largest absolute Gasteiger partial charge is 0.260 e. The van der Waals surface area contributed by atoms with Crippen molar-refractivity contribution in [1.82, 2.24) is 28.2 Å². The van der Waals surface area contributed by atoms with Crippen LogP contribution in [0.5, 0.6) is 0 Å². The first kappa shape index (κ1) is 41.9. The van der Waals surface area contributed by atoms with Crippen LogP contribution in [0.3, 0.4) is 0 Å². The van der Waals surface area contributed by atoms with E-state index in [4.69, 9.17) is 11.6 Å². The van der Waals surface area contributed by atoms with Crippen LogP contribution in [0.15, 0.2) is 101 Å². The van der Waals surface area contributed by atoms with Crippen molar-refractivity contribution in [3.8, 4) is 0 Å². The van der Waals surface area contributed by atoms with E-state index in [-0.39, 0.29) is 21.7 Å². The zero-order chi connectivity index (χ0) is 39.8. The van der Waals surface area contributed by atoms with Crippen molar-refractivity contribution >= 4 is 53.5 Å². The molecular weight excluding hydrogens is 766 g/mol. The number of hydrogen-bond acceptors (Lipinski definition) is 6. The highest BCUT2D eigenvalue weighted by Crippen LogP contribution is 2.28. The smallest absolute Gasteiger partial charge is 0.243 e. The van der Waals surface area contributed by atoms with Gasteiger partial charge in [0.2, 0.25) is 20.0 Å². The number of nitrogens with zero attached hydrogens (tertiary/aromatic N) is 6. The Kier molecular flexibility index (Phi) is 14.2. The van der Waals surface area contributed by atoms with Gasteiger partial charge in [-0.15, -0.1) is 0 Å². The van der Waals surface area contributed by atoms with Crippen LogP contribution < -0.4 is 0 Å². The van der Waals surface area contributed by atoms with Gasteiger partial charge in [-0.05, 0) is 97.5 Å². The van der Waals surface area contributed by atoms with E-state index in [1.807, 2.05) is 27.7 Å². The Morgan fingerprint density at radius 3 is 1.51 bits per heavy atom. The molecule has 55 heavy (non-hydrogen) atoms. The second-order valence-electron chi connectivity index (χ2n) is 13.2. The lowest BCUT2D eigenvalue weighted by Crippen LogP contribution is -2.32. The van der Waals surface area contributed by atoms with Gasteiger partial charge in [0.05, 0.1) is 40.1 Å². The molecule has 0 spiro atoms. The fourth-order valence-corrected chi connectivity index (χ4v) is 9.83. The maximum Gasteiger partial charge on any atom is 0.243 e. The summed E-state index contributed by atoms with van der Waals surface area (Å²) in [6, 6.07) is 22.4. The number of benzene rings is 4. The van der Waals surface area contributed by atoms with Crippen molar-refractivity contribution < 1.29 is 25.6 Å². The number of hydrogen-bond donors (Lipinski definition) is 0. The van der Waals surface area contributed by atoms with Crippen molar-refractivity contribution in [2.45, 2.75) is 76.3 Å². The second kappa shape index (κ2) is 18.6. The van der Waals surface area contributed by atoms with Crippen molar-refractivity contribution in [1.29, 1.82) is 0 Å². The summed E-state index contributed by atoms with van der Waals surface area (Å²) in [6.45, 7) is 10.7. The SMILES string of the molecule is CCCN(CCC)S(=O)(=O)c1ccc2c(c1)c(Cl)nn2Cc1ccc(F)cc1.CCCN(CCC)S(=O)(=O)c1ccc2c(cnn2Cc2ccc(F)cc2)c1. The maximum atomic E-state index is 13.1. The molecule has 0 N–H and O–H groups in total. The molecule has 0 saturated heterocycles. The summed E-state index contributed by atoms with van der Waals surface area (Å²) in [5, 5.41) is 10.3. The number of sulfonamides is 2. The molecule has 0 fully saturated rings. The molecule has 0 unspecified atom stereocenters. The Bertz CT molecular complexity index is 2410. The average Bonchev–Trinajstić information content (AvgIpc) is 3.72. The normalized spacial score (nSPS) is 12.2. The topological polar surface area (TPSA) is 110 Å². The lowest BCUT2D eigenvalue weighted by atomic mass is 10.2. The number of halogens is 3. The molecule has 4 aromatic carbocycles. The quantitative estimate of drug-likeness (QED) is 0.0968. The summed E-state index contributed by atoms with van der Waals surface area (Å²) in [6.07, 6.45) is 4.71. The molecule has 0 radical (unpaired) electrons. The molecular formula is C40H47ClF2N6O4S2. The van der Waals surface area contributed by atoms with E-state index >= 15 is 0 Å². The highest BCUT2D eigenvalue weighted by molar-refractivity contribution is 7.89. The summed E-state index contributed by atoms with van der Waals surface area (Å²) in [5.41, 5.74) is 3.37. The Morgan fingerprint density at radius 1 is 0.600 bits per heavy atom. The van der Waals surface area contributed by atoms with E-state index in [9.17, 15) is 25.6 Å². The van der Waals surface area contributed by atoms with Crippen LogP contribution in [0.2, 0.25) is 5.15 Å². The molecule has 0 aliphatic heterocycles. The second-order valence-corrected chi connectivity index (χ2v) is 17.4. The molecule has 6 rings (SSSR count). The molecule has 2 heterocycles. The van der Waals surface area contributed by atoms with E-state index in [1.54, 1.807) is 76.2 Å². The van der Waals surface area contributed by atoms with E-state index in [1.165, 1.54) is 32.9 Å². The van der Waals surface area contributed by atoms with Crippen LogP contribution in [0, 0.1) is 11.6 Å². The van der Waals surface area contributed by atoms with Gasteiger partial charge in [0.25, 0.3) is 0 Å². The van der Waals surface area contributed by atoms with Crippen molar-refractivity contribution in [3.63, 3.8) is 0 Å². The third-order valence-corrected chi connectivity index (χ3v) is 13.0. The van der Waals surface area contributed by atoms with Crippen LogP contribution in [-0.2, 0) is 33.1 Å². The van der Waals surface area contributed by atoms with Gasteiger partial charge in [-0.25, -0.2) is 25.6 Å². The molecule has 294 valence electrons. The van der Waals surface area contributed by atoms with Gasteiger partial charge >= 0.3 is 0 Å². The minimum atomic E-state index is -3.59. The first-order chi connectivity index (χ1) is 26.3. The third kappa shape index (κ3) is 9.97. The Hall–Kier alpha value is -4.21. The van der Waals surface area contributed by atoms with Gasteiger partial charge in [-0.1, -0.05) is 63.6 Å². The van der Waals surface area contributed by atoms with Crippen molar-refractivity contribution in [3.05, 3.63) is 119 Å². The average molecular weight is 813 g/mol. The lowest BCUT2D eigenvalue weighted by molar-refractivity contribution is 0.409. The molecule has 0 atom stereocenters. The predicted octanol–water partition coefficient (Wildman–Crippen LogP) is 8.72. The van der Waals surface area contributed by atoms with Gasteiger partial charge in [0, 0.05) is 37.0 Å². The van der Waals surface area contributed by atoms with Crippen LogP contribution in [0.4, 0.5) is 8.78 Å². The van der Waals surface area contributed by atoms with Gasteiger partial charge in [-0.3, -0.25) is 9.36 Å². The summed E-state index contributed by atoms with van der Waals surface area (Å²) >= 11 is 6.29. The maximum absolute atomic E-state index is 13.1. The van der Waals surface area contributed by atoms with Gasteiger partial charge < -0.3 is 0 Å². The first-order valence-electron chi connectivity index (χ1n) is 18.4. The Morgan fingerprint density at radius 2 is 1.04 bits per heavy atom. The Labute approximate surface area is 327 Å². The molecule has 0 aliphatic rings. The monoisotopic (exact) mass is 812 g/mol. The van der Waals surface area contributed by atoms with Gasteiger partial charge in [0.15, 0.2) is 5.15 Å². The molecule has 0 amide bonds. The van der Waals surface area contributed by atoms with E-state index < -0.39 is 20.0 Å². The molecule has 0 bridgehead atoms. The fraction of sp³-hybridized carbons (Fsp3) is 0.350. The number of fused-ring (bicyclic) bond motifs is 2. The molecule has 15 heteroatoms. The number of rotatable bonds is 16. The van der Waals surface area contributed by atoms with Crippen molar-refractivity contribution in [2.24, 2.45) is 0 Å². The zero-order valence-electron chi connectivity index (χ0n) is 31.5. The molecule has 0 saturated carbocycles. The van der Waals surface area contributed by atoms with Gasteiger partial charge in [0.1, 0.15) is 11.6 Å². The van der Waals surface area contributed by atoms with Crippen LogP contribution in [0.1, 0.15) is 64.5 Å². The highest BCUT2D eigenvalue weighted by Gasteiger charge is 2.25. The summed E-state index contributed by atoms with van der Waals surface area (Å²) in [4.78, 5) is 0.503. The van der Waals surface area contributed by atoms with E-state index in [2.05, 4.69) is 10.2 Å². The predicted molar refractivity (Wildman–Crippen MR) is 214 cm³/mol. The minimum Gasteiger partial charge on any atom is -0.260 e. The first-order valence-corrected chi connectivity index (χ1v) is 21.7. The van der Waals surface area contributed by atoms with Crippen LogP contribution >= 0.6 is 11.6 Å². The Balaban J connectivity index is 0.000000211. The molecule has 2 aromatic heterocycles. The fourth-order valence-electron chi connectivity index (χ4n) is 6.28. The highest BCUT2D eigenvalue weighted by atomic mass is 35.5. The standard InChI is InChI=1S/C20H23ClFN3O2S.C20H24FN3O2S/c1-3-11-24(12-4-2)28(26,27)17-9-10-19-18(13-17)20(21)23-25(19)14-15-5-7-16(22)8-6-15;1-3-11-23(12-4-2)27(25,26)19-9-10-20-17(13-19)14-22-24(20)15-16-5-7-18(21)8-6-16/h5-10,13H,3-4,11-12,14H2,1-2H3;5-10,13-14H,3-4,11-12,15H2,1-2H3. The van der Waals surface area contributed by atoms with E-state index in [0.29, 0.717) is 49.6 Å². The molecule has 6 aromatic rings. The van der Waals surface area contributed by atoms with Gasteiger partial charge in [-0.2, -0.15) is 18.8 Å². The summed E-state index contributed by atoms with van der Waals surface area (Å²) in [7, 11) is -7.11. The lowest BCUT2D eigenvalue weighted by Gasteiger charge is -2.21.